The van der Waals surface area contributed by atoms with E-state index in [9.17, 15) is 4.79 Å². The molecule has 1 aromatic rings. The maximum Gasteiger partial charge on any atom is 0.236 e. The average Bonchev–Trinajstić information content (AvgIpc) is 2.38. The van der Waals surface area contributed by atoms with Gasteiger partial charge in [-0.2, -0.15) is 0 Å². The second kappa shape index (κ2) is 7.21. The molecule has 0 saturated heterocycles. The van der Waals surface area contributed by atoms with Crippen LogP contribution in [0.3, 0.4) is 0 Å². The fourth-order valence-corrected chi connectivity index (χ4v) is 1.73. The summed E-state index contributed by atoms with van der Waals surface area (Å²) in [7, 11) is 0. The lowest BCUT2D eigenvalue weighted by Gasteiger charge is -2.19. The van der Waals surface area contributed by atoms with Crippen molar-refractivity contribution >= 4 is 18.3 Å². The Morgan fingerprint density at radius 2 is 2.05 bits per heavy atom. The molecule has 106 valence electrons. The van der Waals surface area contributed by atoms with Crippen LogP contribution in [0.25, 0.3) is 0 Å². The van der Waals surface area contributed by atoms with Crippen LogP contribution in [0, 0.1) is 0 Å². The molecule has 0 saturated carbocycles. The molecule has 6 heteroatoms. The Labute approximate surface area is 118 Å². The van der Waals surface area contributed by atoms with E-state index in [1.807, 2.05) is 18.2 Å². The Balaban J connectivity index is 0.00000180. The number of amides is 1. The highest BCUT2D eigenvalue weighted by molar-refractivity contribution is 5.85. The highest BCUT2D eigenvalue weighted by Crippen LogP contribution is 2.30. The number of carbonyl (C=O) groups excluding carboxylic acids is 1. The lowest BCUT2D eigenvalue weighted by molar-refractivity contribution is -0.121. The molecule has 1 unspecified atom stereocenters. The van der Waals surface area contributed by atoms with Crippen LogP contribution in [-0.2, 0) is 11.2 Å². The number of halogens is 1. The van der Waals surface area contributed by atoms with Gasteiger partial charge in [0.25, 0.3) is 0 Å². The van der Waals surface area contributed by atoms with Crippen molar-refractivity contribution in [3.05, 3.63) is 23.8 Å². The molecule has 1 aromatic carbocycles. The molecule has 0 bridgehead atoms. The van der Waals surface area contributed by atoms with Gasteiger partial charge >= 0.3 is 0 Å². The number of nitrogens with one attached hydrogen (secondary N) is 1. The number of ether oxygens (including phenoxy) is 2. The van der Waals surface area contributed by atoms with Crippen molar-refractivity contribution in [2.45, 2.75) is 19.4 Å². The summed E-state index contributed by atoms with van der Waals surface area (Å²) in [6.45, 7) is 3.41. The van der Waals surface area contributed by atoms with Gasteiger partial charge in [0.05, 0.1) is 6.04 Å². The van der Waals surface area contributed by atoms with Gasteiger partial charge in [-0.25, -0.2) is 0 Å². The smallest absolute Gasteiger partial charge is 0.236 e. The van der Waals surface area contributed by atoms with E-state index in [0.29, 0.717) is 19.8 Å². The van der Waals surface area contributed by atoms with Gasteiger partial charge in [-0.15, -0.1) is 12.4 Å². The predicted octanol–water partition coefficient (Wildman–Crippen LogP) is 0.886. The molecule has 5 nitrogen and oxygen atoms in total. The van der Waals surface area contributed by atoms with Gasteiger partial charge in [-0.05, 0) is 31.0 Å². The second-order valence-electron chi connectivity index (χ2n) is 4.31. The van der Waals surface area contributed by atoms with Gasteiger partial charge in [0.2, 0.25) is 5.91 Å². The highest BCUT2D eigenvalue weighted by atomic mass is 35.5. The van der Waals surface area contributed by atoms with Crippen molar-refractivity contribution in [1.29, 1.82) is 0 Å². The zero-order valence-corrected chi connectivity index (χ0v) is 11.7. The SMILES string of the molecule is CC(N)C(=O)NCCc1ccc2c(c1)OCCO2.Cl. The van der Waals surface area contributed by atoms with Crippen molar-refractivity contribution in [2.24, 2.45) is 5.73 Å². The minimum absolute atomic E-state index is 0. The quantitative estimate of drug-likeness (QED) is 0.862. The highest BCUT2D eigenvalue weighted by Gasteiger charge is 2.12. The molecule has 1 aliphatic heterocycles. The minimum atomic E-state index is -0.467. The van der Waals surface area contributed by atoms with Crippen LogP contribution in [-0.4, -0.2) is 31.7 Å². The molecule has 1 heterocycles. The fraction of sp³-hybridized carbons (Fsp3) is 0.462. The van der Waals surface area contributed by atoms with Crippen LogP contribution in [0.4, 0.5) is 0 Å². The zero-order chi connectivity index (χ0) is 13.0. The van der Waals surface area contributed by atoms with Gasteiger partial charge in [-0.3, -0.25) is 4.79 Å². The van der Waals surface area contributed by atoms with E-state index >= 15 is 0 Å². The summed E-state index contributed by atoms with van der Waals surface area (Å²) in [5.41, 5.74) is 6.56. The van der Waals surface area contributed by atoms with Gasteiger partial charge in [0.15, 0.2) is 11.5 Å². The van der Waals surface area contributed by atoms with E-state index in [0.717, 1.165) is 23.5 Å². The molecular weight excluding hydrogens is 268 g/mol. The normalized spacial score (nSPS) is 14.2. The predicted molar refractivity (Wildman–Crippen MR) is 75.0 cm³/mol. The molecule has 1 aliphatic rings. The Bertz CT molecular complexity index is 438. The third-order valence-corrected chi connectivity index (χ3v) is 2.73. The number of nitrogens with two attached hydrogens (primary N) is 1. The largest absolute Gasteiger partial charge is 0.486 e. The summed E-state index contributed by atoms with van der Waals surface area (Å²) in [5.74, 6) is 1.43. The van der Waals surface area contributed by atoms with Crippen LogP contribution >= 0.6 is 12.4 Å². The van der Waals surface area contributed by atoms with Crippen LogP contribution < -0.4 is 20.5 Å². The molecule has 0 fully saturated rings. The lowest BCUT2D eigenvalue weighted by Crippen LogP contribution is -2.39. The van der Waals surface area contributed by atoms with Crippen molar-refractivity contribution in [2.75, 3.05) is 19.8 Å². The molecule has 1 amide bonds. The number of carbonyl (C=O) groups is 1. The summed E-state index contributed by atoms with van der Waals surface area (Å²) in [4.78, 5) is 11.3. The summed E-state index contributed by atoms with van der Waals surface area (Å²) in [6.07, 6.45) is 0.745. The van der Waals surface area contributed by atoms with Gasteiger partial charge < -0.3 is 20.5 Å². The number of hydrogen-bond donors (Lipinski definition) is 2. The third kappa shape index (κ3) is 4.29. The van der Waals surface area contributed by atoms with Crippen LogP contribution in [0.2, 0.25) is 0 Å². The van der Waals surface area contributed by atoms with E-state index in [1.165, 1.54) is 0 Å². The monoisotopic (exact) mass is 286 g/mol. The van der Waals surface area contributed by atoms with E-state index < -0.39 is 6.04 Å². The first-order chi connectivity index (χ1) is 8.66. The van der Waals surface area contributed by atoms with Crippen LogP contribution in [0.1, 0.15) is 12.5 Å². The molecule has 0 spiro atoms. The summed E-state index contributed by atoms with van der Waals surface area (Å²) < 4.78 is 10.9. The van der Waals surface area contributed by atoms with Crippen molar-refractivity contribution in [3.63, 3.8) is 0 Å². The van der Waals surface area contributed by atoms with Gasteiger partial charge in [0.1, 0.15) is 13.2 Å². The first-order valence-corrected chi connectivity index (χ1v) is 6.08. The Hall–Kier alpha value is -1.46. The Morgan fingerprint density at radius 3 is 2.74 bits per heavy atom. The zero-order valence-electron chi connectivity index (χ0n) is 10.8. The average molecular weight is 287 g/mol. The standard InChI is InChI=1S/C13H18N2O3.ClH/c1-9(14)13(16)15-5-4-10-2-3-11-12(8-10)18-7-6-17-11;/h2-3,8-9H,4-7,14H2,1H3,(H,15,16);1H. The Kier molecular flexibility index (Phi) is 5.92. The van der Waals surface area contributed by atoms with Crippen molar-refractivity contribution in [3.8, 4) is 11.5 Å². The summed E-state index contributed by atoms with van der Waals surface area (Å²) in [6, 6.07) is 5.36. The molecule has 1 atom stereocenters. The van der Waals surface area contributed by atoms with E-state index in [4.69, 9.17) is 15.2 Å². The molecule has 19 heavy (non-hydrogen) atoms. The van der Waals surface area contributed by atoms with E-state index in [2.05, 4.69) is 5.32 Å². The van der Waals surface area contributed by atoms with E-state index in [-0.39, 0.29) is 18.3 Å². The lowest BCUT2D eigenvalue weighted by atomic mass is 10.1. The number of rotatable bonds is 4. The van der Waals surface area contributed by atoms with Gasteiger partial charge in [-0.1, -0.05) is 6.07 Å². The van der Waals surface area contributed by atoms with Crippen LogP contribution in [0.5, 0.6) is 11.5 Å². The topological polar surface area (TPSA) is 73.6 Å². The maximum absolute atomic E-state index is 11.3. The minimum Gasteiger partial charge on any atom is -0.486 e. The second-order valence-corrected chi connectivity index (χ2v) is 4.31. The number of hydrogen-bond acceptors (Lipinski definition) is 4. The Morgan fingerprint density at radius 1 is 1.37 bits per heavy atom. The molecule has 0 aliphatic carbocycles. The first-order valence-electron chi connectivity index (χ1n) is 6.08. The van der Waals surface area contributed by atoms with Crippen molar-refractivity contribution < 1.29 is 14.3 Å². The molecule has 3 N–H and O–H groups in total. The van der Waals surface area contributed by atoms with E-state index in [1.54, 1.807) is 6.92 Å². The summed E-state index contributed by atoms with van der Waals surface area (Å²) >= 11 is 0. The molecular formula is C13H19ClN2O3. The fourth-order valence-electron chi connectivity index (χ4n) is 1.73. The first kappa shape index (κ1) is 15.6. The summed E-state index contributed by atoms with van der Waals surface area (Å²) in [5, 5.41) is 2.77. The maximum atomic E-state index is 11.3. The van der Waals surface area contributed by atoms with Crippen LogP contribution in [0.15, 0.2) is 18.2 Å². The third-order valence-electron chi connectivity index (χ3n) is 2.73. The molecule has 2 rings (SSSR count). The van der Waals surface area contributed by atoms with Gasteiger partial charge in [0, 0.05) is 6.54 Å². The molecule has 0 radical (unpaired) electrons. The number of fused-ring (bicyclic) bond motifs is 1. The molecule has 0 aromatic heterocycles. The number of benzene rings is 1. The van der Waals surface area contributed by atoms with Crippen molar-refractivity contribution in [1.82, 2.24) is 5.32 Å².